The molecule has 3 rings (SSSR count). The average molecular weight is 243 g/mol. The molecule has 0 radical (unpaired) electrons. The van der Waals surface area contributed by atoms with Crippen LogP contribution >= 0.6 is 0 Å². The Kier molecular flexibility index (Phi) is 2.19. The molecule has 0 unspecified atom stereocenters. The molecule has 2 heterocycles. The van der Waals surface area contributed by atoms with Gasteiger partial charge in [0.2, 0.25) is 5.95 Å². The topological polar surface area (TPSA) is 126 Å². The predicted molar refractivity (Wildman–Crippen MR) is 64.4 cm³/mol. The second-order valence-corrected chi connectivity index (χ2v) is 3.61. The number of nitrogens with one attached hydrogen (secondary N) is 4. The van der Waals surface area contributed by atoms with Crippen LogP contribution in [0.1, 0.15) is 0 Å². The highest BCUT2D eigenvalue weighted by Crippen LogP contribution is 2.33. The molecule has 2 aromatic heterocycles. The molecule has 0 aliphatic heterocycles. The largest absolute Gasteiger partial charge is 0.504 e. The molecule has 0 aliphatic rings. The van der Waals surface area contributed by atoms with Crippen molar-refractivity contribution in [1.82, 2.24) is 20.2 Å². The maximum Gasteiger partial charge on any atom is 0.265 e. The molecule has 0 aliphatic carbocycles. The van der Waals surface area contributed by atoms with Gasteiger partial charge in [-0.05, 0) is 12.1 Å². The van der Waals surface area contributed by atoms with E-state index in [1.165, 1.54) is 0 Å². The molecule has 0 saturated carbocycles. The molecule has 5 N–H and O–H groups in total. The van der Waals surface area contributed by atoms with Crippen LogP contribution in [-0.2, 0) is 0 Å². The highest BCUT2D eigenvalue weighted by atomic mass is 16.3. The summed E-state index contributed by atoms with van der Waals surface area (Å²) in [4.78, 5) is 6.88. The van der Waals surface area contributed by atoms with E-state index in [1.54, 1.807) is 6.07 Å². The van der Waals surface area contributed by atoms with Crippen LogP contribution in [0.3, 0.4) is 0 Å². The third-order valence-electron chi connectivity index (χ3n) is 2.49. The number of rotatable bonds is 3. The predicted octanol–water partition coefficient (Wildman–Crippen LogP) is 2.40. The van der Waals surface area contributed by atoms with Crippen molar-refractivity contribution < 1.29 is 5.11 Å². The molecule has 3 aromatic rings. The van der Waals surface area contributed by atoms with Gasteiger partial charge < -0.3 is 15.4 Å². The Balaban J connectivity index is 1.99. The van der Waals surface area contributed by atoms with Crippen molar-refractivity contribution in [1.29, 1.82) is 5.53 Å². The first kappa shape index (κ1) is 10.3. The van der Waals surface area contributed by atoms with Gasteiger partial charge in [0.1, 0.15) is 0 Å². The fourth-order valence-corrected chi connectivity index (χ4v) is 1.69. The van der Waals surface area contributed by atoms with Gasteiger partial charge in [-0.25, -0.2) is 10.6 Å². The highest BCUT2D eigenvalue weighted by Gasteiger charge is 2.11. The Labute approximate surface area is 101 Å². The summed E-state index contributed by atoms with van der Waals surface area (Å²) in [5.41, 5.74) is 7.58. The van der Waals surface area contributed by atoms with Gasteiger partial charge in [0.15, 0.2) is 11.6 Å². The van der Waals surface area contributed by atoms with E-state index >= 15 is 0 Å². The molecular weight excluding hydrogens is 234 g/mol. The van der Waals surface area contributed by atoms with Gasteiger partial charge in [-0.2, -0.15) is 4.98 Å². The minimum atomic E-state index is 0.0908. The maximum atomic E-state index is 9.99. The Hall–Kier alpha value is -2.90. The normalized spacial score (nSPS) is 10.7. The van der Waals surface area contributed by atoms with Gasteiger partial charge in [0.05, 0.1) is 5.52 Å². The van der Waals surface area contributed by atoms with Crippen LogP contribution in [0.2, 0.25) is 0 Å². The van der Waals surface area contributed by atoms with Gasteiger partial charge in [-0.15, -0.1) is 10.2 Å². The summed E-state index contributed by atoms with van der Waals surface area (Å²) >= 11 is 0. The molecule has 0 spiro atoms. The van der Waals surface area contributed by atoms with E-state index < -0.39 is 0 Å². The van der Waals surface area contributed by atoms with Crippen molar-refractivity contribution in [3.8, 4) is 5.75 Å². The Bertz CT molecular complexity index is 714. The zero-order valence-corrected chi connectivity index (χ0v) is 9.10. The first-order valence-corrected chi connectivity index (χ1v) is 5.14. The standard InChI is InChI=1S/C10H9N7O/c11-15-10-14-9(16-17-10)13-8-7(18)5-3-1-2-4-6(5)12-8/h1-4,11-12,18H,(H2,13,14,16,17). The van der Waals surface area contributed by atoms with Crippen LogP contribution in [0, 0.1) is 5.53 Å². The molecule has 0 atom stereocenters. The SMILES string of the molecule is N=Nc1nc(Nc2[nH]c3ccccc3c2O)n[nH]1. The van der Waals surface area contributed by atoms with Crippen LogP contribution < -0.4 is 5.32 Å². The van der Waals surface area contributed by atoms with Crippen molar-refractivity contribution in [3.05, 3.63) is 24.3 Å². The van der Waals surface area contributed by atoms with Crippen LogP contribution in [0.25, 0.3) is 10.9 Å². The number of anilines is 2. The van der Waals surface area contributed by atoms with E-state index in [0.717, 1.165) is 5.52 Å². The second kappa shape index (κ2) is 3.84. The zero-order chi connectivity index (χ0) is 12.5. The van der Waals surface area contributed by atoms with Crippen molar-refractivity contribution in [2.45, 2.75) is 0 Å². The smallest absolute Gasteiger partial charge is 0.265 e. The molecule has 90 valence electrons. The summed E-state index contributed by atoms with van der Waals surface area (Å²) in [5, 5.41) is 22.9. The van der Waals surface area contributed by atoms with Crippen LogP contribution in [0.4, 0.5) is 17.7 Å². The van der Waals surface area contributed by atoms with E-state index in [4.69, 9.17) is 5.53 Å². The van der Waals surface area contributed by atoms with E-state index in [2.05, 4.69) is 30.6 Å². The lowest BCUT2D eigenvalue weighted by Gasteiger charge is -1.97. The van der Waals surface area contributed by atoms with E-state index in [-0.39, 0.29) is 17.6 Å². The zero-order valence-electron chi connectivity index (χ0n) is 9.10. The number of fused-ring (bicyclic) bond motifs is 1. The number of hydrogen-bond acceptors (Lipinski definition) is 6. The number of hydrogen-bond donors (Lipinski definition) is 5. The number of aromatic nitrogens is 4. The lowest BCUT2D eigenvalue weighted by atomic mass is 10.2. The number of para-hydroxylation sites is 1. The second-order valence-electron chi connectivity index (χ2n) is 3.61. The van der Waals surface area contributed by atoms with Gasteiger partial charge in [0, 0.05) is 5.39 Å². The number of nitrogens with zero attached hydrogens (tertiary/aromatic N) is 3. The summed E-state index contributed by atoms with van der Waals surface area (Å²) < 4.78 is 0. The summed E-state index contributed by atoms with van der Waals surface area (Å²) in [6.45, 7) is 0. The Morgan fingerprint density at radius 2 is 2.17 bits per heavy atom. The molecule has 0 bridgehead atoms. The number of H-pyrrole nitrogens is 2. The van der Waals surface area contributed by atoms with Gasteiger partial charge in [0.25, 0.3) is 5.95 Å². The van der Waals surface area contributed by atoms with Crippen LogP contribution in [-0.4, -0.2) is 25.3 Å². The maximum absolute atomic E-state index is 9.99. The van der Waals surface area contributed by atoms with Gasteiger partial charge in [-0.3, -0.25) is 0 Å². The fraction of sp³-hybridized carbons (Fsp3) is 0. The molecule has 8 nitrogen and oxygen atoms in total. The molecule has 18 heavy (non-hydrogen) atoms. The summed E-state index contributed by atoms with van der Waals surface area (Å²) in [5.74, 6) is 0.808. The minimum Gasteiger partial charge on any atom is -0.504 e. The highest BCUT2D eigenvalue weighted by molar-refractivity contribution is 5.92. The molecule has 0 amide bonds. The van der Waals surface area contributed by atoms with Crippen molar-refractivity contribution >= 4 is 28.6 Å². The van der Waals surface area contributed by atoms with E-state index in [9.17, 15) is 5.11 Å². The molecule has 1 aromatic carbocycles. The number of aromatic amines is 2. The minimum absolute atomic E-state index is 0.0908. The van der Waals surface area contributed by atoms with Crippen LogP contribution in [0.5, 0.6) is 5.75 Å². The monoisotopic (exact) mass is 243 g/mol. The first-order valence-electron chi connectivity index (χ1n) is 5.14. The van der Waals surface area contributed by atoms with Crippen molar-refractivity contribution in [3.63, 3.8) is 0 Å². The number of aromatic hydroxyl groups is 1. The molecule has 0 fully saturated rings. The van der Waals surface area contributed by atoms with Gasteiger partial charge >= 0.3 is 0 Å². The van der Waals surface area contributed by atoms with Crippen molar-refractivity contribution in [2.75, 3.05) is 5.32 Å². The quantitative estimate of drug-likeness (QED) is 0.452. The third kappa shape index (κ3) is 1.56. The molecular formula is C10H9N7O. The molecule has 8 heteroatoms. The third-order valence-corrected chi connectivity index (χ3v) is 2.49. The Morgan fingerprint density at radius 1 is 1.33 bits per heavy atom. The lowest BCUT2D eigenvalue weighted by Crippen LogP contribution is -1.92. The summed E-state index contributed by atoms with van der Waals surface area (Å²) in [7, 11) is 0. The van der Waals surface area contributed by atoms with E-state index in [1.807, 2.05) is 18.2 Å². The fourth-order valence-electron chi connectivity index (χ4n) is 1.69. The summed E-state index contributed by atoms with van der Waals surface area (Å²) in [6.07, 6.45) is 0. The van der Waals surface area contributed by atoms with Gasteiger partial charge in [-0.1, -0.05) is 12.1 Å². The van der Waals surface area contributed by atoms with Crippen LogP contribution in [0.15, 0.2) is 29.4 Å². The Morgan fingerprint density at radius 3 is 2.89 bits per heavy atom. The molecule has 0 saturated heterocycles. The first-order chi connectivity index (χ1) is 8.78. The summed E-state index contributed by atoms with van der Waals surface area (Å²) in [6, 6.07) is 7.35. The average Bonchev–Trinajstić information content (AvgIpc) is 2.97. The van der Waals surface area contributed by atoms with Crippen molar-refractivity contribution in [2.24, 2.45) is 5.11 Å². The lowest BCUT2D eigenvalue weighted by molar-refractivity contribution is 0.484. The van der Waals surface area contributed by atoms with E-state index in [0.29, 0.717) is 11.2 Å². The number of benzene rings is 1.